The van der Waals surface area contributed by atoms with Crippen molar-refractivity contribution >= 4 is 15.9 Å². The van der Waals surface area contributed by atoms with Crippen molar-refractivity contribution in [2.24, 2.45) is 5.73 Å². The summed E-state index contributed by atoms with van der Waals surface area (Å²) in [5.41, 5.74) is 9.10. The molecule has 0 aliphatic heterocycles. The van der Waals surface area contributed by atoms with Gasteiger partial charge in [-0.15, -0.1) is 0 Å². The van der Waals surface area contributed by atoms with Crippen LogP contribution in [-0.4, -0.2) is 6.54 Å². The Labute approximate surface area is 93.8 Å². The van der Waals surface area contributed by atoms with Crippen molar-refractivity contribution in [3.05, 3.63) is 33.8 Å². The minimum Gasteiger partial charge on any atom is -0.330 e. The lowest BCUT2D eigenvalue weighted by Gasteiger charge is -2.17. The molecular formula is C12H16BrN. The van der Waals surface area contributed by atoms with Crippen molar-refractivity contribution in [1.82, 2.24) is 0 Å². The molecule has 0 atom stereocenters. The van der Waals surface area contributed by atoms with E-state index in [0.717, 1.165) is 13.0 Å². The van der Waals surface area contributed by atoms with Gasteiger partial charge in [-0.1, -0.05) is 28.9 Å². The first-order valence-corrected chi connectivity index (χ1v) is 6.00. The highest BCUT2D eigenvalue weighted by Crippen LogP contribution is 2.48. The molecule has 1 aliphatic rings. The molecule has 0 spiro atoms. The van der Waals surface area contributed by atoms with E-state index >= 15 is 0 Å². The van der Waals surface area contributed by atoms with Crippen LogP contribution in [0.2, 0.25) is 0 Å². The average molecular weight is 254 g/mol. The highest BCUT2D eigenvalue weighted by atomic mass is 79.9. The van der Waals surface area contributed by atoms with Gasteiger partial charge >= 0.3 is 0 Å². The molecular weight excluding hydrogens is 238 g/mol. The maximum atomic E-state index is 5.85. The van der Waals surface area contributed by atoms with Crippen LogP contribution in [0.15, 0.2) is 22.7 Å². The topological polar surface area (TPSA) is 26.0 Å². The smallest absolute Gasteiger partial charge is 0.0178 e. The number of halogens is 1. The van der Waals surface area contributed by atoms with E-state index in [2.05, 4.69) is 41.1 Å². The fourth-order valence-electron chi connectivity index (χ4n) is 2.11. The van der Waals surface area contributed by atoms with Crippen LogP contribution in [0.3, 0.4) is 0 Å². The Bertz CT molecular complexity index is 342. The van der Waals surface area contributed by atoms with E-state index < -0.39 is 0 Å². The van der Waals surface area contributed by atoms with Crippen LogP contribution in [0.5, 0.6) is 0 Å². The second-order valence-corrected chi connectivity index (χ2v) is 5.06. The van der Waals surface area contributed by atoms with Gasteiger partial charge in [0.15, 0.2) is 0 Å². The van der Waals surface area contributed by atoms with Gasteiger partial charge in [0.25, 0.3) is 0 Å². The zero-order valence-electron chi connectivity index (χ0n) is 8.52. The molecule has 1 aromatic rings. The molecule has 2 rings (SSSR count). The molecule has 0 unspecified atom stereocenters. The molecule has 2 heteroatoms. The van der Waals surface area contributed by atoms with Crippen LogP contribution >= 0.6 is 15.9 Å². The van der Waals surface area contributed by atoms with Gasteiger partial charge < -0.3 is 5.73 Å². The zero-order valence-corrected chi connectivity index (χ0v) is 10.1. The third-order valence-corrected chi connectivity index (χ3v) is 3.76. The molecule has 1 aliphatic carbocycles. The van der Waals surface area contributed by atoms with E-state index in [1.807, 2.05) is 0 Å². The number of hydrogen-bond donors (Lipinski definition) is 1. The highest BCUT2D eigenvalue weighted by Gasteiger charge is 2.43. The van der Waals surface area contributed by atoms with Gasteiger partial charge in [0, 0.05) is 16.4 Å². The van der Waals surface area contributed by atoms with E-state index in [1.165, 1.54) is 28.4 Å². The monoisotopic (exact) mass is 253 g/mol. The lowest BCUT2D eigenvalue weighted by Crippen LogP contribution is -2.21. The molecule has 14 heavy (non-hydrogen) atoms. The van der Waals surface area contributed by atoms with Crippen molar-refractivity contribution in [1.29, 1.82) is 0 Å². The summed E-state index contributed by atoms with van der Waals surface area (Å²) < 4.78 is 1.17. The van der Waals surface area contributed by atoms with Crippen LogP contribution in [-0.2, 0) is 11.8 Å². The predicted molar refractivity (Wildman–Crippen MR) is 63.5 cm³/mol. The summed E-state index contributed by atoms with van der Waals surface area (Å²) in [5.74, 6) is 0. The molecule has 0 aromatic heterocycles. The van der Waals surface area contributed by atoms with E-state index in [4.69, 9.17) is 5.73 Å². The van der Waals surface area contributed by atoms with Crippen molar-refractivity contribution in [3.8, 4) is 0 Å². The van der Waals surface area contributed by atoms with Gasteiger partial charge in [-0.05, 0) is 42.5 Å². The summed E-state index contributed by atoms with van der Waals surface area (Å²) in [7, 11) is 0. The standard InChI is InChI=1S/C12H16BrN/c1-2-9-7-10(13)3-4-11(9)12(8-14)5-6-12/h3-4,7H,2,5-6,8,14H2,1H3. The molecule has 0 amide bonds. The molecule has 1 nitrogen and oxygen atoms in total. The molecule has 1 fully saturated rings. The zero-order chi connectivity index (χ0) is 10.2. The maximum Gasteiger partial charge on any atom is 0.0178 e. The molecule has 0 bridgehead atoms. The molecule has 76 valence electrons. The largest absolute Gasteiger partial charge is 0.330 e. The van der Waals surface area contributed by atoms with E-state index in [-0.39, 0.29) is 0 Å². The molecule has 0 heterocycles. The Morgan fingerprint density at radius 1 is 1.43 bits per heavy atom. The highest BCUT2D eigenvalue weighted by molar-refractivity contribution is 9.10. The van der Waals surface area contributed by atoms with Crippen molar-refractivity contribution in [2.45, 2.75) is 31.6 Å². The third-order valence-electron chi connectivity index (χ3n) is 3.26. The second kappa shape index (κ2) is 3.67. The first-order chi connectivity index (χ1) is 6.72. The third kappa shape index (κ3) is 1.61. The average Bonchev–Trinajstić information content (AvgIpc) is 2.98. The SMILES string of the molecule is CCc1cc(Br)ccc1C1(CN)CC1. The lowest BCUT2D eigenvalue weighted by atomic mass is 9.90. The number of hydrogen-bond acceptors (Lipinski definition) is 1. The minimum atomic E-state index is 0.325. The Morgan fingerprint density at radius 3 is 2.64 bits per heavy atom. The summed E-state index contributed by atoms with van der Waals surface area (Å²) in [5, 5.41) is 0. The van der Waals surface area contributed by atoms with Crippen LogP contribution in [0.1, 0.15) is 30.9 Å². The Kier molecular flexibility index (Phi) is 2.67. The van der Waals surface area contributed by atoms with Crippen LogP contribution < -0.4 is 5.73 Å². The van der Waals surface area contributed by atoms with Gasteiger partial charge in [-0.25, -0.2) is 0 Å². The van der Waals surface area contributed by atoms with E-state index in [0.29, 0.717) is 5.41 Å². The second-order valence-electron chi connectivity index (χ2n) is 4.14. The van der Waals surface area contributed by atoms with Gasteiger partial charge in [0.05, 0.1) is 0 Å². The fourth-order valence-corrected chi connectivity index (χ4v) is 2.51. The first kappa shape index (κ1) is 10.2. The Morgan fingerprint density at radius 2 is 2.14 bits per heavy atom. The van der Waals surface area contributed by atoms with E-state index in [1.54, 1.807) is 0 Å². The van der Waals surface area contributed by atoms with Crippen molar-refractivity contribution in [2.75, 3.05) is 6.54 Å². The summed E-state index contributed by atoms with van der Waals surface area (Å²) in [6.45, 7) is 3.00. The van der Waals surface area contributed by atoms with Crippen molar-refractivity contribution < 1.29 is 0 Å². The lowest BCUT2D eigenvalue weighted by molar-refractivity contribution is 0.694. The number of nitrogens with two attached hydrogens (primary N) is 1. The maximum absolute atomic E-state index is 5.85. The normalized spacial score (nSPS) is 18.2. The minimum absolute atomic E-state index is 0.325. The van der Waals surface area contributed by atoms with Crippen LogP contribution in [0, 0.1) is 0 Å². The summed E-state index contributed by atoms with van der Waals surface area (Å²) in [4.78, 5) is 0. The van der Waals surface area contributed by atoms with Crippen LogP contribution in [0.4, 0.5) is 0 Å². The number of rotatable bonds is 3. The molecule has 0 saturated heterocycles. The summed E-state index contributed by atoms with van der Waals surface area (Å²) in [6, 6.07) is 6.60. The number of benzene rings is 1. The predicted octanol–water partition coefficient (Wildman–Crippen LogP) is 3.00. The summed E-state index contributed by atoms with van der Waals surface area (Å²) in [6.07, 6.45) is 3.62. The number of aryl methyl sites for hydroxylation is 1. The Hall–Kier alpha value is -0.340. The van der Waals surface area contributed by atoms with Gasteiger partial charge in [0.1, 0.15) is 0 Å². The van der Waals surface area contributed by atoms with Gasteiger partial charge in [0.2, 0.25) is 0 Å². The molecule has 2 N–H and O–H groups in total. The van der Waals surface area contributed by atoms with E-state index in [9.17, 15) is 0 Å². The van der Waals surface area contributed by atoms with Crippen LogP contribution in [0.25, 0.3) is 0 Å². The first-order valence-electron chi connectivity index (χ1n) is 5.21. The van der Waals surface area contributed by atoms with Crippen molar-refractivity contribution in [3.63, 3.8) is 0 Å². The fraction of sp³-hybridized carbons (Fsp3) is 0.500. The molecule has 1 aromatic carbocycles. The molecule has 0 radical (unpaired) electrons. The van der Waals surface area contributed by atoms with Gasteiger partial charge in [-0.2, -0.15) is 0 Å². The van der Waals surface area contributed by atoms with Gasteiger partial charge in [-0.3, -0.25) is 0 Å². The summed E-state index contributed by atoms with van der Waals surface area (Å²) >= 11 is 3.51. The Balaban J connectivity index is 2.42. The molecule has 1 saturated carbocycles. The quantitative estimate of drug-likeness (QED) is 0.881.